The number of amides is 2. The van der Waals surface area contributed by atoms with Crippen molar-refractivity contribution < 1.29 is 14.3 Å². The number of rotatable bonds is 6. The maximum Gasteiger partial charge on any atom is 0.269 e. The minimum Gasteiger partial charge on any atom is -0.457 e. The molecule has 0 aliphatic carbocycles. The highest BCUT2D eigenvalue weighted by Crippen LogP contribution is 2.35. The van der Waals surface area contributed by atoms with E-state index in [0.29, 0.717) is 35.7 Å². The fourth-order valence-corrected chi connectivity index (χ4v) is 4.71. The van der Waals surface area contributed by atoms with E-state index < -0.39 is 5.91 Å². The van der Waals surface area contributed by atoms with Gasteiger partial charge in [0.15, 0.2) is 11.3 Å². The molecular weight excluding hydrogens is 444 g/mol. The zero-order valence-electron chi connectivity index (χ0n) is 19.1. The first-order valence-corrected chi connectivity index (χ1v) is 11.4. The molecule has 9 nitrogen and oxygen atoms in total. The normalized spacial score (nSPS) is 14.2. The van der Waals surface area contributed by atoms with Gasteiger partial charge in [-0.05, 0) is 61.2 Å². The van der Waals surface area contributed by atoms with E-state index in [9.17, 15) is 9.59 Å². The number of carbonyl (C=O) groups excluding carboxylic acids is 2. The van der Waals surface area contributed by atoms with Crippen LogP contribution in [0.1, 0.15) is 34.8 Å². The van der Waals surface area contributed by atoms with Gasteiger partial charge in [0.25, 0.3) is 5.91 Å². The molecule has 0 atom stereocenters. The van der Waals surface area contributed by atoms with Crippen molar-refractivity contribution in [2.24, 2.45) is 5.73 Å². The summed E-state index contributed by atoms with van der Waals surface area (Å²) >= 11 is 0. The second-order valence-electron chi connectivity index (χ2n) is 8.51. The minimum absolute atomic E-state index is 0.0659. The first kappa shape index (κ1) is 22.3. The Morgan fingerprint density at radius 3 is 2.31 bits per heavy atom. The number of fused-ring (bicyclic) bond motifs is 1. The second kappa shape index (κ2) is 9.02. The SMILES string of the molecule is C=CC(=O)N1CCC(c2cnn3c(C(N)=O)c(-c4ccc(Oc5ccccc5)cc4)n(N)c23)CC1. The number of aromatic nitrogens is 3. The van der Waals surface area contributed by atoms with Gasteiger partial charge in [-0.15, -0.1) is 0 Å². The monoisotopic (exact) mass is 470 g/mol. The Hall–Kier alpha value is -4.53. The maximum atomic E-state index is 12.5. The summed E-state index contributed by atoms with van der Waals surface area (Å²) < 4.78 is 8.87. The average Bonchev–Trinajstić information content (AvgIpc) is 3.43. The van der Waals surface area contributed by atoms with Crippen molar-refractivity contribution in [3.05, 3.63) is 84.7 Å². The van der Waals surface area contributed by atoms with Crippen LogP contribution in [0.15, 0.2) is 73.4 Å². The Morgan fingerprint density at radius 2 is 1.69 bits per heavy atom. The molecule has 2 amide bonds. The molecule has 9 heteroatoms. The summed E-state index contributed by atoms with van der Waals surface area (Å²) in [5, 5.41) is 4.46. The quantitative estimate of drug-likeness (QED) is 0.331. The molecule has 5 rings (SSSR count). The Kier molecular flexibility index (Phi) is 5.74. The second-order valence-corrected chi connectivity index (χ2v) is 8.51. The van der Waals surface area contributed by atoms with Crippen molar-refractivity contribution in [2.75, 3.05) is 18.9 Å². The number of primary amides is 1. The van der Waals surface area contributed by atoms with Gasteiger partial charge in [0.2, 0.25) is 5.91 Å². The molecule has 178 valence electrons. The Morgan fingerprint density at radius 1 is 1.03 bits per heavy atom. The van der Waals surface area contributed by atoms with E-state index in [1.165, 1.54) is 15.3 Å². The first-order valence-electron chi connectivity index (χ1n) is 11.4. The van der Waals surface area contributed by atoms with Crippen LogP contribution in [0.2, 0.25) is 0 Å². The van der Waals surface area contributed by atoms with E-state index in [1.807, 2.05) is 54.6 Å². The van der Waals surface area contributed by atoms with Crippen LogP contribution >= 0.6 is 0 Å². The number of imidazole rings is 1. The topological polar surface area (TPSA) is 121 Å². The van der Waals surface area contributed by atoms with Crippen LogP contribution in [0.4, 0.5) is 0 Å². The van der Waals surface area contributed by atoms with Gasteiger partial charge in [-0.3, -0.25) is 9.59 Å². The molecule has 0 spiro atoms. The van der Waals surface area contributed by atoms with Crippen molar-refractivity contribution in [3.63, 3.8) is 0 Å². The van der Waals surface area contributed by atoms with Crippen LogP contribution in [-0.4, -0.2) is 44.1 Å². The summed E-state index contributed by atoms with van der Waals surface area (Å²) in [4.78, 5) is 26.2. The molecular formula is C26H26N6O3. The molecule has 0 bridgehead atoms. The Balaban J connectivity index is 1.48. The molecule has 35 heavy (non-hydrogen) atoms. The third kappa shape index (κ3) is 4.01. The molecule has 4 aromatic rings. The lowest BCUT2D eigenvalue weighted by Gasteiger charge is -2.31. The van der Waals surface area contributed by atoms with Crippen LogP contribution in [0, 0.1) is 0 Å². The Labute approximate surface area is 202 Å². The van der Waals surface area contributed by atoms with Gasteiger partial charge in [-0.1, -0.05) is 24.8 Å². The van der Waals surface area contributed by atoms with E-state index in [-0.39, 0.29) is 17.5 Å². The van der Waals surface area contributed by atoms with Crippen LogP contribution in [0.5, 0.6) is 11.5 Å². The maximum absolute atomic E-state index is 12.5. The predicted octanol–water partition coefficient (Wildman–Crippen LogP) is 3.30. The smallest absolute Gasteiger partial charge is 0.269 e. The van der Waals surface area contributed by atoms with Gasteiger partial charge in [0.05, 0.1) is 6.20 Å². The highest BCUT2D eigenvalue weighted by atomic mass is 16.5. The predicted molar refractivity (Wildman–Crippen MR) is 133 cm³/mol. The number of likely N-dealkylation sites (tertiary alicyclic amines) is 1. The number of para-hydroxylation sites is 1. The fraction of sp³-hybridized carbons (Fsp3) is 0.192. The van der Waals surface area contributed by atoms with Crippen LogP contribution < -0.4 is 16.3 Å². The molecule has 3 heterocycles. The molecule has 4 N–H and O–H groups in total. The molecule has 0 saturated carbocycles. The van der Waals surface area contributed by atoms with Crippen molar-refractivity contribution in [1.82, 2.24) is 19.2 Å². The highest BCUT2D eigenvalue weighted by molar-refractivity contribution is 5.99. The van der Waals surface area contributed by atoms with Crippen molar-refractivity contribution in [1.29, 1.82) is 0 Å². The zero-order chi connectivity index (χ0) is 24.5. The number of hydrogen-bond donors (Lipinski definition) is 2. The van der Waals surface area contributed by atoms with Gasteiger partial charge >= 0.3 is 0 Å². The number of ether oxygens (including phenoxy) is 1. The molecule has 1 saturated heterocycles. The number of nitrogens with two attached hydrogens (primary N) is 2. The summed E-state index contributed by atoms with van der Waals surface area (Å²) in [6, 6.07) is 16.8. The standard InChI is InChI=1S/C26H26N6O3/c1-2-22(33)30-14-12-17(13-15-30)21-16-29-32-24(25(27)34)23(31(28)26(21)32)18-8-10-20(11-9-18)35-19-6-4-3-5-7-19/h2-11,16-17H,1,12-15,28H2,(H2,27,34). The van der Waals surface area contributed by atoms with Gasteiger partial charge < -0.3 is 21.2 Å². The summed E-state index contributed by atoms with van der Waals surface area (Å²) in [5.41, 5.74) is 8.72. The molecule has 1 aliphatic heterocycles. The molecule has 1 aliphatic rings. The van der Waals surface area contributed by atoms with E-state index in [2.05, 4.69) is 11.7 Å². The molecule has 2 aromatic heterocycles. The van der Waals surface area contributed by atoms with E-state index in [0.717, 1.165) is 24.2 Å². The van der Waals surface area contributed by atoms with Gasteiger partial charge in [0.1, 0.15) is 17.2 Å². The van der Waals surface area contributed by atoms with Gasteiger partial charge in [-0.25, -0.2) is 9.19 Å². The molecule has 2 aromatic carbocycles. The van der Waals surface area contributed by atoms with E-state index in [1.54, 1.807) is 11.1 Å². The third-order valence-electron chi connectivity index (χ3n) is 6.44. The van der Waals surface area contributed by atoms with Crippen LogP contribution in [0.25, 0.3) is 16.9 Å². The lowest BCUT2D eigenvalue weighted by molar-refractivity contribution is -0.127. The van der Waals surface area contributed by atoms with Crippen molar-refractivity contribution >= 4 is 17.5 Å². The number of carbonyl (C=O) groups is 2. The summed E-state index contributed by atoms with van der Waals surface area (Å²) in [7, 11) is 0. The average molecular weight is 471 g/mol. The Bertz CT molecular complexity index is 1400. The lowest BCUT2D eigenvalue weighted by atomic mass is 9.91. The van der Waals surface area contributed by atoms with E-state index in [4.69, 9.17) is 16.3 Å². The zero-order valence-corrected chi connectivity index (χ0v) is 19.1. The van der Waals surface area contributed by atoms with Crippen LogP contribution in [-0.2, 0) is 4.79 Å². The number of nitrogen functional groups attached to an aromatic ring is 1. The first-order chi connectivity index (χ1) is 17.0. The van der Waals surface area contributed by atoms with Gasteiger partial charge in [0, 0.05) is 24.2 Å². The third-order valence-corrected chi connectivity index (χ3v) is 6.44. The molecule has 1 fully saturated rings. The lowest BCUT2D eigenvalue weighted by Crippen LogP contribution is -2.36. The number of piperidine rings is 1. The highest BCUT2D eigenvalue weighted by Gasteiger charge is 2.30. The summed E-state index contributed by atoms with van der Waals surface area (Å²) in [6.45, 7) is 4.81. The van der Waals surface area contributed by atoms with Crippen molar-refractivity contribution in [3.8, 4) is 22.8 Å². The van der Waals surface area contributed by atoms with Crippen molar-refractivity contribution in [2.45, 2.75) is 18.8 Å². The summed E-state index contributed by atoms with van der Waals surface area (Å²) in [6.07, 6.45) is 4.60. The van der Waals surface area contributed by atoms with E-state index >= 15 is 0 Å². The molecule has 0 radical (unpaired) electrons. The number of benzene rings is 2. The summed E-state index contributed by atoms with van der Waals surface area (Å²) in [5.74, 6) is 7.40. The van der Waals surface area contributed by atoms with Crippen LogP contribution in [0.3, 0.4) is 0 Å². The number of hydrogen-bond acceptors (Lipinski definition) is 5. The number of nitrogens with zero attached hydrogens (tertiary/aromatic N) is 4. The molecule has 0 unspecified atom stereocenters. The van der Waals surface area contributed by atoms with Gasteiger partial charge in [-0.2, -0.15) is 5.10 Å². The minimum atomic E-state index is -0.625. The fourth-order valence-electron chi connectivity index (χ4n) is 4.71. The largest absolute Gasteiger partial charge is 0.457 e.